The Morgan fingerprint density at radius 1 is 1.16 bits per heavy atom. The van der Waals surface area contributed by atoms with Crippen molar-refractivity contribution in [3.63, 3.8) is 0 Å². The number of carbonyl (C=O) groups is 1. The predicted octanol–water partition coefficient (Wildman–Crippen LogP) is 1.92. The van der Waals surface area contributed by atoms with Crippen LogP contribution in [0.4, 0.5) is 5.69 Å². The van der Waals surface area contributed by atoms with Gasteiger partial charge < -0.3 is 10.1 Å². The summed E-state index contributed by atoms with van der Waals surface area (Å²) in [6, 6.07) is 12.7. The number of nitrogens with one attached hydrogen (secondary N) is 2. The number of amides is 1. The van der Waals surface area contributed by atoms with Gasteiger partial charge in [-0.1, -0.05) is 12.1 Å². The van der Waals surface area contributed by atoms with E-state index < -0.39 is 25.9 Å². The van der Waals surface area contributed by atoms with Crippen molar-refractivity contribution in [3.8, 4) is 0 Å². The van der Waals surface area contributed by atoms with Crippen LogP contribution in [-0.2, 0) is 36.0 Å². The highest BCUT2D eigenvalue weighted by atomic mass is 32.2. The van der Waals surface area contributed by atoms with Crippen LogP contribution < -0.4 is 10.0 Å². The molecule has 2 N–H and O–H groups in total. The van der Waals surface area contributed by atoms with Gasteiger partial charge in [0.15, 0.2) is 9.84 Å². The number of sulfone groups is 1. The van der Waals surface area contributed by atoms with Gasteiger partial charge in [0.05, 0.1) is 33.2 Å². The summed E-state index contributed by atoms with van der Waals surface area (Å²) < 4.78 is 56.9. The Kier molecular flexibility index (Phi) is 6.58. The molecule has 1 amide bonds. The van der Waals surface area contributed by atoms with Crippen LogP contribution in [0.15, 0.2) is 53.4 Å². The van der Waals surface area contributed by atoms with Gasteiger partial charge in [-0.3, -0.25) is 4.79 Å². The Balaban J connectivity index is 1.27. The Bertz CT molecular complexity index is 1300. The molecule has 1 atom stereocenters. The maximum atomic E-state index is 12.5. The molecule has 0 radical (unpaired) electrons. The van der Waals surface area contributed by atoms with Crippen molar-refractivity contribution in [2.75, 3.05) is 23.4 Å². The van der Waals surface area contributed by atoms with E-state index in [0.29, 0.717) is 5.69 Å². The number of aromatic nitrogens is 1. The van der Waals surface area contributed by atoms with E-state index in [-0.39, 0.29) is 41.9 Å². The first-order valence-corrected chi connectivity index (χ1v) is 13.9. The molecule has 32 heavy (non-hydrogen) atoms. The Morgan fingerprint density at radius 3 is 2.59 bits per heavy atom. The second-order valence-electron chi connectivity index (χ2n) is 7.36. The lowest BCUT2D eigenvalue weighted by molar-refractivity contribution is -0.121. The van der Waals surface area contributed by atoms with Crippen LogP contribution in [0.2, 0.25) is 0 Å². The van der Waals surface area contributed by atoms with Crippen molar-refractivity contribution in [2.45, 2.75) is 24.0 Å². The number of thiazole rings is 1. The lowest BCUT2D eigenvalue weighted by Crippen LogP contribution is -2.35. The molecule has 1 fully saturated rings. The molecule has 1 aromatic heterocycles. The topological polar surface area (TPSA) is 132 Å². The van der Waals surface area contributed by atoms with Crippen LogP contribution in [0, 0.1) is 0 Å². The van der Waals surface area contributed by atoms with E-state index >= 15 is 0 Å². The summed E-state index contributed by atoms with van der Waals surface area (Å²) in [6.07, 6.45) is 0.257. The lowest BCUT2D eigenvalue weighted by Gasteiger charge is -2.12. The Hall–Kier alpha value is -2.38. The van der Waals surface area contributed by atoms with E-state index in [4.69, 9.17) is 4.74 Å². The fourth-order valence-corrected chi connectivity index (χ4v) is 7.26. The molecule has 0 aliphatic carbocycles. The quantitative estimate of drug-likeness (QED) is 0.488. The number of nitrogens with zero attached hydrogens (tertiary/aromatic N) is 1. The molecule has 0 saturated carbocycles. The van der Waals surface area contributed by atoms with Crippen LogP contribution >= 0.6 is 11.3 Å². The second-order valence-corrected chi connectivity index (χ2v) is 12.4. The zero-order chi connectivity index (χ0) is 22.8. The summed E-state index contributed by atoms with van der Waals surface area (Å²) in [7, 11) is -7.05. The third-order valence-corrected chi connectivity index (χ3v) is 9.11. The summed E-state index contributed by atoms with van der Waals surface area (Å²) in [4.78, 5) is 16.5. The minimum Gasteiger partial charge on any atom is -0.364 e. The van der Waals surface area contributed by atoms with Crippen molar-refractivity contribution in [2.24, 2.45) is 0 Å². The number of benzene rings is 2. The largest absolute Gasteiger partial charge is 0.364 e. The molecule has 0 spiro atoms. The van der Waals surface area contributed by atoms with Crippen molar-refractivity contribution >= 4 is 53.0 Å². The standard InChI is InChI=1S/C20H21N3O6S3/c24-19(11-29-12-20-22-17-3-1-2-4-18(17)30-20)21-14-5-7-16(8-6-14)32(27,28)23-15-9-10-31(25,26)13-15/h1-8,15,23H,9-13H2,(H,21,24)/t15-/m0/s1. The van der Waals surface area contributed by atoms with Gasteiger partial charge in [0.25, 0.3) is 0 Å². The number of hydrogen-bond acceptors (Lipinski definition) is 8. The highest BCUT2D eigenvalue weighted by Gasteiger charge is 2.31. The van der Waals surface area contributed by atoms with Crippen molar-refractivity contribution in [1.29, 1.82) is 0 Å². The molecule has 12 heteroatoms. The zero-order valence-corrected chi connectivity index (χ0v) is 19.3. The number of ether oxygens (including phenoxy) is 1. The maximum Gasteiger partial charge on any atom is 0.250 e. The SMILES string of the molecule is O=C(COCc1nc2ccccc2s1)Nc1ccc(S(=O)(=O)N[C@H]2CCS(=O)(=O)C2)cc1. The first-order valence-electron chi connectivity index (χ1n) is 9.75. The Morgan fingerprint density at radius 2 is 1.91 bits per heavy atom. The minimum atomic E-state index is -3.85. The van der Waals surface area contributed by atoms with Gasteiger partial charge in [0.2, 0.25) is 15.9 Å². The van der Waals surface area contributed by atoms with E-state index in [1.165, 1.54) is 35.6 Å². The number of para-hydroxylation sites is 1. The molecule has 1 aliphatic heterocycles. The maximum absolute atomic E-state index is 12.5. The molecule has 4 rings (SSSR count). The summed E-state index contributed by atoms with van der Waals surface area (Å²) in [5, 5.41) is 3.42. The van der Waals surface area contributed by atoms with Gasteiger partial charge >= 0.3 is 0 Å². The third kappa shape index (κ3) is 5.70. The molecule has 1 aliphatic rings. The zero-order valence-electron chi connectivity index (χ0n) is 16.9. The average Bonchev–Trinajstić information content (AvgIpc) is 3.29. The monoisotopic (exact) mass is 495 g/mol. The molecular weight excluding hydrogens is 474 g/mol. The van der Waals surface area contributed by atoms with Gasteiger partial charge in [0.1, 0.15) is 11.6 Å². The smallest absolute Gasteiger partial charge is 0.250 e. The van der Waals surface area contributed by atoms with Crippen LogP contribution in [0.3, 0.4) is 0 Å². The molecule has 2 heterocycles. The van der Waals surface area contributed by atoms with Gasteiger partial charge in [-0.05, 0) is 42.8 Å². The van der Waals surface area contributed by atoms with Crippen molar-refractivity contribution < 1.29 is 26.4 Å². The van der Waals surface area contributed by atoms with E-state index in [2.05, 4.69) is 15.0 Å². The lowest BCUT2D eigenvalue weighted by atomic mass is 10.3. The molecule has 0 bridgehead atoms. The van der Waals surface area contributed by atoms with E-state index in [1.54, 1.807) is 0 Å². The molecular formula is C20H21N3O6S3. The van der Waals surface area contributed by atoms with Crippen LogP contribution in [0.5, 0.6) is 0 Å². The Labute approximate surface area is 189 Å². The molecule has 2 aromatic carbocycles. The molecule has 1 saturated heterocycles. The summed E-state index contributed by atoms with van der Waals surface area (Å²) >= 11 is 1.50. The number of anilines is 1. The first kappa shape index (κ1) is 22.8. The fourth-order valence-electron chi connectivity index (χ4n) is 3.30. The third-order valence-electron chi connectivity index (χ3n) is 4.80. The van der Waals surface area contributed by atoms with Crippen LogP contribution in [-0.4, -0.2) is 51.9 Å². The summed E-state index contributed by atoms with van der Waals surface area (Å²) in [5.41, 5.74) is 1.31. The summed E-state index contributed by atoms with van der Waals surface area (Å²) in [5.74, 6) is -0.597. The van der Waals surface area contributed by atoms with E-state index in [9.17, 15) is 21.6 Å². The second kappa shape index (κ2) is 9.24. The van der Waals surface area contributed by atoms with Gasteiger partial charge in [-0.2, -0.15) is 0 Å². The van der Waals surface area contributed by atoms with Crippen molar-refractivity contribution in [3.05, 3.63) is 53.5 Å². The van der Waals surface area contributed by atoms with Gasteiger partial charge in [0, 0.05) is 11.7 Å². The normalized spacial score (nSPS) is 18.1. The number of carbonyl (C=O) groups excluding carboxylic acids is 1. The highest BCUT2D eigenvalue weighted by Crippen LogP contribution is 2.22. The number of fused-ring (bicyclic) bond motifs is 1. The molecule has 0 unspecified atom stereocenters. The highest BCUT2D eigenvalue weighted by molar-refractivity contribution is 7.92. The van der Waals surface area contributed by atoms with Gasteiger partial charge in [-0.25, -0.2) is 26.5 Å². The van der Waals surface area contributed by atoms with Crippen molar-refractivity contribution in [1.82, 2.24) is 9.71 Å². The number of hydrogen-bond donors (Lipinski definition) is 2. The molecule has 3 aromatic rings. The fraction of sp³-hybridized carbons (Fsp3) is 0.300. The minimum absolute atomic E-state index is 0.00752. The molecule has 9 nitrogen and oxygen atoms in total. The van der Waals surface area contributed by atoms with E-state index in [0.717, 1.165) is 15.2 Å². The van der Waals surface area contributed by atoms with Crippen LogP contribution in [0.1, 0.15) is 11.4 Å². The average molecular weight is 496 g/mol. The number of sulfonamides is 1. The first-order chi connectivity index (χ1) is 15.2. The van der Waals surface area contributed by atoms with E-state index in [1.807, 2.05) is 24.3 Å². The number of rotatable bonds is 8. The summed E-state index contributed by atoms with van der Waals surface area (Å²) in [6.45, 7) is 0.0419. The predicted molar refractivity (Wildman–Crippen MR) is 122 cm³/mol. The van der Waals surface area contributed by atoms with Crippen LogP contribution in [0.25, 0.3) is 10.2 Å². The van der Waals surface area contributed by atoms with Gasteiger partial charge in [-0.15, -0.1) is 11.3 Å². The molecule has 170 valence electrons.